The number of nitrogens with two attached hydrogens (primary N) is 1. The number of nitrogens with one attached hydrogen (secondary N) is 1. The minimum atomic E-state index is -0.706. The van der Waals surface area contributed by atoms with Crippen LogP contribution in [0.2, 0.25) is 0 Å². The molecule has 0 unspecified atom stereocenters. The van der Waals surface area contributed by atoms with Crippen LogP contribution in [0.25, 0.3) is 0 Å². The Kier molecular flexibility index (Phi) is 8.13. The Hall–Kier alpha value is -3.30. The lowest BCUT2D eigenvalue weighted by molar-refractivity contribution is -0.116. The third kappa shape index (κ3) is 5.94. The lowest BCUT2D eigenvalue weighted by Crippen LogP contribution is -2.43. The fraction of sp³-hybridized carbons (Fsp3) is 0.292. The van der Waals surface area contributed by atoms with E-state index in [1.807, 2.05) is 62.4 Å². The maximum absolute atomic E-state index is 13.2. The van der Waals surface area contributed by atoms with Gasteiger partial charge in [-0.25, -0.2) is 4.79 Å². The van der Waals surface area contributed by atoms with Crippen molar-refractivity contribution in [1.82, 2.24) is 9.55 Å². The summed E-state index contributed by atoms with van der Waals surface area (Å²) in [5.74, 6) is -0.270. The molecule has 0 bridgehead atoms. The first kappa shape index (κ1) is 24.3. The minimum absolute atomic E-state index is 0.0479. The molecule has 1 aromatic heterocycles. The minimum Gasteiger partial charge on any atom is -0.383 e. The quantitative estimate of drug-likeness (QED) is 0.467. The fourth-order valence-corrected chi connectivity index (χ4v) is 4.20. The van der Waals surface area contributed by atoms with Crippen LogP contribution in [-0.4, -0.2) is 41.5 Å². The summed E-state index contributed by atoms with van der Waals surface area (Å²) >= 11 is 1.38. The van der Waals surface area contributed by atoms with Gasteiger partial charge in [-0.3, -0.25) is 19.1 Å². The number of aromatic nitrogens is 2. The number of methoxy groups -OCH3 is 1. The average molecular weight is 469 g/mol. The summed E-state index contributed by atoms with van der Waals surface area (Å²) in [6, 6.07) is 15.3. The number of rotatable bonds is 9. The van der Waals surface area contributed by atoms with Gasteiger partial charge >= 0.3 is 5.69 Å². The Bertz CT molecular complexity index is 1240. The van der Waals surface area contributed by atoms with Crippen molar-refractivity contribution < 1.29 is 9.53 Å². The average Bonchev–Trinajstić information content (AvgIpc) is 2.80. The zero-order valence-electron chi connectivity index (χ0n) is 19.0. The zero-order valence-corrected chi connectivity index (χ0v) is 19.8. The molecule has 3 N–H and O–H groups in total. The first-order valence-corrected chi connectivity index (χ1v) is 11.5. The van der Waals surface area contributed by atoms with Gasteiger partial charge in [0.25, 0.3) is 5.56 Å². The van der Waals surface area contributed by atoms with E-state index in [1.165, 1.54) is 33.9 Å². The molecular formula is C24H28N4O4S. The van der Waals surface area contributed by atoms with Crippen LogP contribution in [0, 0.1) is 13.8 Å². The van der Waals surface area contributed by atoms with E-state index in [0.29, 0.717) is 0 Å². The second kappa shape index (κ2) is 11.0. The molecule has 0 saturated heterocycles. The number of carbonyl (C=O) groups excluding carboxylic acids is 1. The Morgan fingerprint density at radius 3 is 2.52 bits per heavy atom. The number of aromatic amines is 1. The van der Waals surface area contributed by atoms with Gasteiger partial charge in [0, 0.05) is 18.6 Å². The second-order valence-corrected chi connectivity index (χ2v) is 8.69. The number of nitrogen functional groups attached to an aromatic ring is 1. The van der Waals surface area contributed by atoms with Gasteiger partial charge < -0.3 is 15.4 Å². The van der Waals surface area contributed by atoms with E-state index < -0.39 is 11.2 Å². The van der Waals surface area contributed by atoms with E-state index in [-0.39, 0.29) is 42.9 Å². The summed E-state index contributed by atoms with van der Waals surface area (Å²) in [6.07, 6.45) is 0. The van der Waals surface area contributed by atoms with Gasteiger partial charge in [0.1, 0.15) is 5.82 Å². The van der Waals surface area contributed by atoms with Crippen molar-refractivity contribution in [1.29, 1.82) is 0 Å². The molecule has 1 heterocycles. The van der Waals surface area contributed by atoms with Crippen LogP contribution >= 0.6 is 11.8 Å². The summed E-state index contributed by atoms with van der Waals surface area (Å²) in [6.45, 7) is 4.54. The third-order valence-corrected chi connectivity index (χ3v) is 6.31. The Morgan fingerprint density at radius 1 is 1.12 bits per heavy atom. The molecule has 8 nitrogen and oxygen atoms in total. The van der Waals surface area contributed by atoms with Gasteiger partial charge in [-0.2, -0.15) is 0 Å². The zero-order chi connectivity index (χ0) is 24.0. The molecule has 0 atom stereocenters. The predicted octanol–water partition coefficient (Wildman–Crippen LogP) is 2.56. The molecule has 0 spiro atoms. The van der Waals surface area contributed by atoms with Gasteiger partial charge in [-0.05, 0) is 42.7 Å². The lowest BCUT2D eigenvalue weighted by atomic mass is 10.1. The standard InChI is InChI=1S/C24H28N4O4S/c1-16-9-10-19(13-17(16)2)33-15-20(29)27(11-12-32-3)21-22(25)28(24(31)26-23(21)30)14-18-7-5-4-6-8-18/h4-10,13H,11-12,14-15,25H2,1-3H3,(H,26,30,31). The Morgan fingerprint density at radius 2 is 1.85 bits per heavy atom. The van der Waals surface area contributed by atoms with Crippen molar-refractivity contribution in [2.24, 2.45) is 0 Å². The first-order valence-electron chi connectivity index (χ1n) is 10.5. The molecule has 0 aliphatic rings. The molecule has 3 rings (SSSR count). The number of carbonyl (C=O) groups is 1. The van der Waals surface area contributed by atoms with Gasteiger partial charge in [0.15, 0.2) is 5.69 Å². The number of hydrogen-bond donors (Lipinski definition) is 2. The highest BCUT2D eigenvalue weighted by atomic mass is 32.2. The van der Waals surface area contributed by atoms with Crippen LogP contribution in [0.5, 0.6) is 0 Å². The summed E-state index contributed by atoms with van der Waals surface area (Å²) in [5, 5.41) is 0. The van der Waals surface area contributed by atoms with Crippen molar-refractivity contribution in [2.75, 3.05) is 36.6 Å². The highest BCUT2D eigenvalue weighted by molar-refractivity contribution is 8.00. The SMILES string of the molecule is COCCN(C(=O)CSc1ccc(C)c(C)c1)c1c(N)n(Cc2ccccc2)c(=O)[nH]c1=O. The monoisotopic (exact) mass is 468 g/mol. The van der Waals surface area contributed by atoms with Crippen LogP contribution in [0.1, 0.15) is 16.7 Å². The van der Waals surface area contributed by atoms with Gasteiger partial charge in [-0.1, -0.05) is 36.4 Å². The Labute approximate surface area is 196 Å². The van der Waals surface area contributed by atoms with E-state index in [0.717, 1.165) is 16.0 Å². The maximum Gasteiger partial charge on any atom is 0.330 e. The van der Waals surface area contributed by atoms with Crippen molar-refractivity contribution in [3.63, 3.8) is 0 Å². The third-order valence-electron chi connectivity index (χ3n) is 5.33. The number of ether oxygens (including phenoxy) is 1. The Balaban J connectivity index is 1.92. The molecule has 3 aromatic rings. The van der Waals surface area contributed by atoms with Crippen LogP contribution < -0.4 is 21.9 Å². The molecule has 2 aromatic carbocycles. The number of nitrogens with zero attached hydrogens (tertiary/aromatic N) is 2. The molecule has 1 amide bonds. The van der Waals surface area contributed by atoms with E-state index in [2.05, 4.69) is 4.98 Å². The normalized spacial score (nSPS) is 10.9. The maximum atomic E-state index is 13.2. The van der Waals surface area contributed by atoms with Crippen LogP contribution in [-0.2, 0) is 16.1 Å². The molecule has 9 heteroatoms. The second-order valence-electron chi connectivity index (χ2n) is 7.64. The number of amides is 1. The first-order chi connectivity index (χ1) is 15.8. The molecule has 0 aliphatic heterocycles. The van der Waals surface area contributed by atoms with Crippen LogP contribution in [0.4, 0.5) is 11.5 Å². The van der Waals surface area contributed by atoms with Gasteiger partial charge in [0.05, 0.1) is 18.9 Å². The smallest absolute Gasteiger partial charge is 0.330 e. The molecule has 174 valence electrons. The molecule has 0 saturated carbocycles. The number of anilines is 2. The summed E-state index contributed by atoms with van der Waals surface area (Å²) < 4.78 is 6.40. The van der Waals surface area contributed by atoms with Crippen LogP contribution in [0.15, 0.2) is 63.0 Å². The molecule has 0 aliphatic carbocycles. The molecule has 33 heavy (non-hydrogen) atoms. The number of hydrogen-bond acceptors (Lipinski definition) is 6. The number of aryl methyl sites for hydroxylation is 2. The van der Waals surface area contributed by atoms with E-state index in [9.17, 15) is 14.4 Å². The van der Waals surface area contributed by atoms with Crippen molar-refractivity contribution in [3.05, 3.63) is 86.1 Å². The summed E-state index contributed by atoms with van der Waals surface area (Å²) in [4.78, 5) is 43.0. The van der Waals surface area contributed by atoms with E-state index >= 15 is 0 Å². The fourth-order valence-electron chi connectivity index (χ4n) is 3.33. The molecule has 0 fully saturated rings. The summed E-state index contributed by atoms with van der Waals surface area (Å²) in [5.41, 5.74) is 8.05. The predicted molar refractivity (Wildman–Crippen MR) is 132 cm³/mol. The topological polar surface area (TPSA) is 110 Å². The number of thioether (sulfide) groups is 1. The van der Waals surface area contributed by atoms with Crippen LogP contribution in [0.3, 0.4) is 0 Å². The van der Waals surface area contributed by atoms with Crippen molar-refractivity contribution >= 4 is 29.2 Å². The number of benzene rings is 2. The van der Waals surface area contributed by atoms with Crippen molar-refractivity contribution in [2.45, 2.75) is 25.3 Å². The summed E-state index contributed by atoms with van der Waals surface area (Å²) in [7, 11) is 1.51. The highest BCUT2D eigenvalue weighted by Gasteiger charge is 2.24. The van der Waals surface area contributed by atoms with Gasteiger partial charge in [0.2, 0.25) is 5.91 Å². The largest absolute Gasteiger partial charge is 0.383 e. The number of H-pyrrole nitrogens is 1. The van der Waals surface area contributed by atoms with E-state index in [4.69, 9.17) is 10.5 Å². The van der Waals surface area contributed by atoms with Crippen molar-refractivity contribution in [3.8, 4) is 0 Å². The highest BCUT2D eigenvalue weighted by Crippen LogP contribution is 2.24. The van der Waals surface area contributed by atoms with Gasteiger partial charge in [-0.15, -0.1) is 11.8 Å². The van der Waals surface area contributed by atoms with E-state index in [1.54, 1.807) is 0 Å². The molecule has 0 radical (unpaired) electrons. The lowest BCUT2D eigenvalue weighted by Gasteiger charge is -2.24. The molecular weight excluding hydrogens is 440 g/mol.